The Labute approximate surface area is 322 Å². The molecule has 3 fully saturated rings. The molecule has 18 nitrogen and oxygen atoms in total. The first kappa shape index (κ1) is 47.7. The Kier molecular flexibility index (Phi) is 21.9. The second-order valence-corrected chi connectivity index (χ2v) is 17.4. The van der Waals surface area contributed by atoms with Crippen molar-refractivity contribution in [3.05, 3.63) is 0 Å². The van der Waals surface area contributed by atoms with Crippen molar-refractivity contribution in [2.24, 2.45) is 5.41 Å². The Bertz CT molecular complexity index is 873. The molecule has 0 spiro atoms. The van der Waals surface area contributed by atoms with Crippen molar-refractivity contribution < 1.29 is 89.7 Å². The maximum Gasteiger partial charge on any atom is 0.132 e. The molecule has 12 N–H and O–H groups in total. The van der Waals surface area contributed by atoms with E-state index in [0.29, 0.717) is 56.3 Å². The van der Waals surface area contributed by atoms with Gasteiger partial charge < -0.3 is 89.7 Å². The van der Waals surface area contributed by atoms with E-state index in [1.54, 1.807) is 0 Å². The van der Waals surface area contributed by atoms with E-state index < -0.39 is 115 Å². The Morgan fingerprint density at radius 3 is 0.943 bits per heavy atom. The van der Waals surface area contributed by atoms with Gasteiger partial charge in [0.1, 0.15) is 89.6 Å². The minimum absolute atomic E-state index is 0.275. The summed E-state index contributed by atoms with van der Waals surface area (Å²) in [6, 6.07) is 0. The molecule has 3 heterocycles. The molecule has 3 saturated heterocycles. The van der Waals surface area contributed by atoms with Gasteiger partial charge in [-0.3, -0.25) is 0 Å². The molecule has 53 heavy (non-hydrogen) atoms. The fraction of sp³-hybridized carbons (Fsp3) is 1.00. The van der Waals surface area contributed by atoms with Gasteiger partial charge in [-0.05, 0) is 36.5 Å². The molecule has 314 valence electrons. The highest BCUT2D eigenvalue weighted by Gasteiger charge is 2.45. The molecule has 0 aliphatic carbocycles. The Morgan fingerprint density at radius 2 is 0.698 bits per heavy atom. The number of aliphatic hydroxyl groups excluding tert-OH is 12. The van der Waals surface area contributed by atoms with Crippen molar-refractivity contribution in [1.29, 1.82) is 0 Å². The molecule has 3 rings (SSSR count). The SMILES string of the molecule is CC(COCCCS[C@H]1OC(CO)[C@@H](O)C(O)C1O)(COCCCS[C@H]1OC(CO)[C@@H](O)C(O)C1O)COCCCS[C@@H]1OC(CO)[C@H](O)C(O)C1O. The molecule has 9 unspecified atom stereocenters. The maximum absolute atomic E-state index is 10.3. The van der Waals surface area contributed by atoms with E-state index in [4.69, 9.17) is 28.4 Å². The summed E-state index contributed by atoms with van der Waals surface area (Å²) >= 11 is 3.72. The molecule has 0 bridgehead atoms. The van der Waals surface area contributed by atoms with Crippen molar-refractivity contribution >= 4 is 35.3 Å². The number of thioether (sulfide) groups is 3. The third-order valence-corrected chi connectivity index (χ3v) is 12.8. The first-order chi connectivity index (χ1) is 25.3. The largest absolute Gasteiger partial charge is 0.394 e. The highest BCUT2D eigenvalue weighted by atomic mass is 32.2. The number of hydrogen-bond acceptors (Lipinski definition) is 21. The third kappa shape index (κ3) is 14.3. The van der Waals surface area contributed by atoms with Gasteiger partial charge in [-0.1, -0.05) is 6.92 Å². The first-order valence-corrected chi connectivity index (χ1v) is 20.9. The van der Waals surface area contributed by atoms with Crippen LogP contribution in [0.4, 0.5) is 0 Å². The lowest BCUT2D eigenvalue weighted by Gasteiger charge is -2.39. The summed E-state index contributed by atoms with van der Waals surface area (Å²) in [5.74, 6) is 1.51. The lowest BCUT2D eigenvalue weighted by Crippen LogP contribution is -2.57. The quantitative estimate of drug-likeness (QED) is 0.0411. The third-order valence-electron chi connectivity index (χ3n) is 9.04. The zero-order chi connectivity index (χ0) is 39.1. The second-order valence-electron chi connectivity index (χ2n) is 13.7. The summed E-state index contributed by atoms with van der Waals surface area (Å²) in [6.45, 7) is 2.33. The molecule has 0 amide bonds. The maximum atomic E-state index is 10.3. The monoisotopic (exact) mass is 828 g/mol. The summed E-state index contributed by atoms with van der Waals surface area (Å²) < 4.78 is 34.5. The van der Waals surface area contributed by atoms with Gasteiger partial charge in [-0.15, -0.1) is 35.3 Å². The van der Waals surface area contributed by atoms with Gasteiger partial charge in [-0.2, -0.15) is 0 Å². The van der Waals surface area contributed by atoms with Gasteiger partial charge in [0.25, 0.3) is 0 Å². The normalized spacial score (nSPS) is 39.2. The van der Waals surface area contributed by atoms with Crippen LogP contribution in [0.1, 0.15) is 26.2 Å². The summed E-state index contributed by atoms with van der Waals surface area (Å²) in [5, 5.41) is 119. The molecule has 15 atom stereocenters. The van der Waals surface area contributed by atoms with Gasteiger partial charge in [0, 0.05) is 25.2 Å². The lowest BCUT2D eigenvalue weighted by atomic mass is 9.94. The highest BCUT2D eigenvalue weighted by molar-refractivity contribution is 8.00. The predicted molar refractivity (Wildman–Crippen MR) is 193 cm³/mol. The van der Waals surface area contributed by atoms with Crippen LogP contribution in [0.25, 0.3) is 0 Å². The van der Waals surface area contributed by atoms with Gasteiger partial charge in [0.15, 0.2) is 0 Å². The fourth-order valence-corrected chi connectivity index (χ4v) is 9.07. The van der Waals surface area contributed by atoms with Crippen molar-refractivity contribution in [3.63, 3.8) is 0 Å². The Hall–Kier alpha value is 0.330. The molecule has 21 heteroatoms. The number of hydrogen-bond donors (Lipinski definition) is 12. The smallest absolute Gasteiger partial charge is 0.132 e. The van der Waals surface area contributed by atoms with Crippen LogP contribution in [-0.4, -0.2) is 228 Å². The molecule has 0 aromatic heterocycles. The number of aliphatic hydroxyl groups is 12. The van der Waals surface area contributed by atoms with Crippen LogP contribution >= 0.6 is 35.3 Å². The molecule has 0 radical (unpaired) electrons. The van der Waals surface area contributed by atoms with E-state index >= 15 is 0 Å². The Morgan fingerprint density at radius 1 is 0.434 bits per heavy atom. The fourth-order valence-electron chi connectivity index (χ4n) is 5.78. The van der Waals surface area contributed by atoms with Crippen LogP contribution in [0.5, 0.6) is 0 Å². The van der Waals surface area contributed by atoms with Gasteiger partial charge in [0.2, 0.25) is 0 Å². The van der Waals surface area contributed by atoms with Gasteiger partial charge >= 0.3 is 0 Å². The lowest BCUT2D eigenvalue weighted by molar-refractivity contribution is -0.205. The van der Waals surface area contributed by atoms with Crippen LogP contribution in [0.3, 0.4) is 0 Å². The molecule has 0 saturated carbocycles. The zero-order valence-corrected chi connectivity index (χ0v) is 32.3. The minimum atomic E-state index is -1.44. The van der Waals surface area contributed by atoms with E-state index in [2.05, 4.69) is 0 Å². The van der Waals surface area contributed by atoms with Crippen molar-refractivity contribution in [2.45, 2.75) is 116 Å². The van der Waals surface area contributed by atoms with Crippen LogP contribution in [-0.2, 0) is 28.4 Å². The highest BCUT2D eigenvalue weighted by Crippen LogP contribution is 2.31. The predicted octanol–water partition coefficient (Wildman–Crippen LogP) is -4.19. The standard InChI is InChI=1S/C32H60O18S3/c1-32(14-45-5-2-8-51-29-26(42)23(39)20(36)17(11-33)48-29,15-46-6-3-9-52-30-27(43)24(40)21(37)18(12-34)49-30)16-47-7-4-10-53-31-28(44)25(41)22(38)19(13-35)50-31/h17-31,33-44H,2-16H2,1H3/t17?,18?,19?,20-,21-,22+,23?,24?,25?,26?,27?,28?,29-,30-,31+,32?/m1/s1. The van der Waals surface area contributed by atoms with Crippen molar-refractivity contribution in [3.8, 4) is 0 Å². The minimum Gasteiger partial charge on any atom is -0.394 e. The molecule has 3 aliphatic rings. The summed E-state index contributed by atoms with van der Waals surface area (Å²) in [5.41, 5.74) is -3.04. The van der Waals surface area contributed by atoms with Crippen LogP contribution < -0.4 is 0 Å². The van der Waals surface area contributed by atoms with Crippen LogP contribution in [0.15, 0.2) is 0 Å². The number of ether oxygens (including phenoxy) is 6. The van der Waals surface area contributed by atoms with E-state index in [1.165, 1.54) is 35.3 Å². The van der Waals surface area contributed by atoms with Crippen LogP contribution in [0, 0.1) is 5.41 Å². The van der Waals surface area contributed by atoms with E-state index in [1.807, 2.05) is 6.92 Å². The molecule has 0 aromatic carbocycles. The summed E-state index contributed by atoms with van der Waals surface area (Å²) in [6.07, 6.45) is -13.7. The van der Waals surface area contributed by atoms with E-state index in [0.717, 1.165) is 0 Å². The molecule has 3 aliphatic heterocycles. The van der Waals surface area contributed by atoms with Gasteiger partial charge in [-0.25, -0.2) is 0 Å². The second kappa shape index (κ2) is 24.3. The van der Waals surface area contributed by atoms with E-state index in [9.17, 15) is 61.3 Å². The van der Waals surface area contributed by atoms with Crippen LogP contribution in [0.2, 0.25) is 0 Å². The zero-order valence-electron chi connectivity index (χ0n) is 29.8. The summed E-state index contributed by atoms with van der Waals surface area (Å²) in [4.78, 5) is 0. The van der Waals surface area contributed by atoms with Crippen molar-refractivity contribution in [2.75, 3.05) is 76.7 Å². The molecule has 0 aromatic rings. The van der Waals surface area contributed by atoms with E-state index in [-0.39, 0.29) is 19.8 Å². The summed E-state index contributed by atoms with van der Waals surface area (Å²) in [7, 11) is 0. The molecular weight excluding hydrogens is 769 g/mol. The average Bonchev–Trinajstić information content (AvgIpc) is 3.15. The topological polar surface area (TPSA) is 298 Å². The first-order valence-electron chi connectivity index (χ1n) is 17.8. The number of rotatable bonds is 24. The Balaban J connectivity index is 1.41. The van der Waals surface area contributed by atoms with Gasteiger partial charge in [0.05, 0.1) is 39.6 Å². The average molecular weight is 829 g/mol. The van der Waals surface area contributed by atoms with Crippen molar-refractivity contribution in [1.82, 2.24) is 0 Å². The molecular formula is C32H60O18S3.